The van der Waals surface area contributed by atoms with Crippen LogP contribution in [0.5, 0.6) is 0 Å². The molecule has 34 heavy (non-hydrogen) atoms. The number of piperidine rings is 2. The summed E-state index contributed by atoms with van der Waals surface area (Å²) < 4.78 is -0.651. The van der Waals surface area contributed by atoms with Crippen LogP contribution < -0.4 is 5.73 Å². The molecular formula is C24H31N5O3S2. The number of nitrogen functional groups attached to an aromatic ring is 1. The van der Waals surface area contributed by atoms with Gasteiger partial charge in [-0.25, -0.2) is 4.98 Å². The Balaban J connectivity index is 1.26. The van der Waals surface area contributed by atoms with Gasteiger partial charge in [0.25, 0.3) is 11.1 Å². The number of fused-ring (bicyclic) bond motifs is 1. The number of nitrogens with two attached hydrogens (primary N) is 1. The van der Waals surface area contributed by atoms with E-state index in [0.29, 0.717) is 36.2 Å². The van der Waals surface area contributed by atoms with Crippen molar-refractivity contribution in [2.75, 3.05) is 31.9 Å². The summed E-state index contributed by atoms with van der Waals surface area (Å²) in [4.78, 5) is 50.1. The average Bonchev–Trinajstić information content (AvgIpc) is 3.24. The number of aromatic nitrogens is 1. The van der Waals surface area contributed by atoms with Gasteiger partial charge in [-0.1, -0.05) is 11.3 Å². The van der Waals surface area contributed by atoms with Gasteiger partial charge in [0.1, 0.15) is 14.6 Å². The maximum Gasteiger partial charge on any atom is 0.289 e. The van der Waals surface area contributed by atoms with Gasteiger partial charge >= 0.3 is 0 Å². The number of thiophene rings is 1. The number of hydrogen-bond donors (Lipinski definition) is 1. The van der Waals surface area contributed by atoms with Gasteiger partial charge in [-0.2, -0.15) is 0 Å². The van der Waals surface area contributed by atoms with Crippen molar-refractivity contribution in [3.8, 4) is 0 Å². The molecule has 0 radical (unpaired) electrons. The van der Waals surface area contributed by atoms with Crippen molar-refractivity contribution in [2.24, 2.45) is 0 Å². The molecule has 3 aliphatic rings. The van der Waals surface area contributed by atoms with Crippen LogP contribution in [0.4, 0.5) is 9.80 Å². The second-order valence-corrected chi connectivity index (χ2v) is 12.2. The minimum atomic E-state index is -0.651. The van der Waals surface area contributed by atoms with E-state index in [2.05, 4.69) is 9.88 Å². The number of thioether (sulfide) groups is 1. The number of nitrogens with zero attached hydrogens (tertiary/aromatic N) is 4. The first-order chi connectivity index (χ1) is 16.2. The van der Waals surface area contributed by atoms with Gasteiger partial charge in [-0.05, 0) is 76.9 Å². The molecule has 10 heteroatoms. The van der Waals surface area contributed by atoms with Gasteiger partial charge in [0.05, 0.1) is 5.56 Å². The number of hydrogen-bond acceptors (Lipinski definition) is 8. The smallest absolute Gasteiger partial charge is 0.289 e. The highest BCUT2D eigenvalue weighted by Gasteiger charge is 2.55. The number of likely N-dealkylation sites (tertiary alicyclic amines) is 2. The van der Waals surface area contributed by atoms with Crippen molar-refractivity contribution >= 4 is 55.4 Å². The summed E-state index contributed by atoms with van der Waals surface area (Å²) in [5, 5.41) is 1.23. The maximum absolute atomic E-state index is 13.4. The summed E-state index contributed by atoms with van der Waals surface area (Å²) >= 11 is 2.59. The van der Waals surface area contributed by atoms with E-state index >= 15 is 0 Å². The molecule has 0 saturated carbocycles. The molecule has 1 spiro atoms. The molecule has 1 unspecified atom stereocenters. The van der Waals surface area contributed by atoms with Gasteiger partial charge in [0, 0.05) is 42.8 Å². The van der Waals surface area contributed by atoms with Crippen LogP contribution in [0.15, 0.2) is 12.1 Å². The molecule has 0 aromatic carbocycles. The molecule has 5 heterocycles. The van der Waals surface area contributed by atoms with E-state index in [1.165, 1.54) is 28.0 Å². The molecule has 8 nitrogen and oxygen atoms in total. The van der Waals surface area contributed by atoms with E-state index in [0.717, 1.165) is 48.1 Å². The van der Waals surface area contributed by atoms with Crippen LogP contribution in [0.1, 0.15) is 55.6 Å². The first-order valence-electron chi connectivity index (χ1n) is 12.0. The Labute approximate surface area is 207 Å². The fraction of sp³-hybridized carbons (Fsp3) is 0.583. The molecule has 2 N–H and O–H groups in total. The number of amides is 3. The predicted octanol–water partition coefficient (Wildman–Crippen LogP) is 3.73. The SMILES string of the molecule is Cc1ccc2c(C(=O)N3CCC(N4CCCC5(C4)SC(=O)N(C(C)C)C5=O)CC3)c(N)sc2n1. The molecule has 3 saturated heterocycles. The Bertz CT molecular complexity index is 1160. The zero-order valence-electron chi connectivity index (χ0n) is 19.9. The Morgan fingerprint density at radius 1 is 1.21 bits per heavy atom. The van der Waals surface area contributed by atoms with Crippen molar-refractivity contribution in [3.05, 3.63) is 23.4 Å². The fourth-order valence-corrected chi connectivity index (χ4v) is 7.90. The number of carbonyl (C=O) groups is 3. The molecule has 1 atom stereocenters. The largest absolute Gasteiger partial charge is 0.390 e. The predicted molar refractivity (Wildman–Crippen MR) is 136 cm³/mol. The minimum Gasteiger partial charge on any atom is -0.390 e. The van der Waals surface area contributed by atoms with Crippen LogP contribution in [0.3, 0.4) is 0 Å². The molecule has 3 fully saturated rings. The Hall–Kier alpha value is -2.17. The van der Waals surface area contributed by atoms with Gasteiger partial charge in [0.2, 0.25) is 5.91 Å². The third kappa shape index (κ3) is 3.89. The lowest BCUT2D eigenvalue weighted by molar-refractivity contribution is -0.132. The maximum atomic E-state index is 13.4. The first kappa shape index (κ1) is 23.6. The van der Waals surface area contributed by atoms with Gasteiger partial charge in [-0.3, -0.25) is 24.2 Å². The molecule has 2 aromatic heterocycles. The topological polar surface area (TPSA) is 99.8 Å². The Kier molecular flexibility index (Phi) is 6.10. The summed E-state index contributed by atoms with van der Waals surface area (Å²) in [6.07, 6.45) is 3.35. The second kappa shape index (κ2) is 8.80. The number of carbonyl (C=O) groups excluding carboxylic acids is 3. The third-order valence-corrected chi connectivity index (χ3v) is 9.49. The number of imide groups is 1. The molecule has 0 bridgehead atoms. The monoisotopic (exact) mass is 501 g/mol. The van der Waals surface area contributed by atoms with Gasteiger partial charge < -0.3 is 10.6 Å². The van der Waals surface area contributed by atoms with Gasteiger partial charge in [0.15, 0.2) is 0 Å². The molecule has 182 valence electrons. The van der Waals surface area contributed by atoms with Crippen LogP contribution in [-0.2, 0) is 4.79 Å². The summed E-state index contributed by atoms with van der Waals surface area (Å²) in [5.41, 5.74) is 7.72. The van der Waals surface area contributed by atoms with E-state index < -0.39 is 4.75 Å². The van der Waals surface area contributed by atoms with Crippen LogP contribution in [0, 0.1) is 6.92 Å². The summed E-state index contributed by atoms with van der Waals surface area (Å²) in [5.74, 6) is -0.0545. The number of aryl methyl sites for hydroxylation is 1. The van der Waals surface area contributed by atoms with E-state index in [-0.39, 0.29) is 23.1 Å². The molecule has 0 aliphatic carbocycles. The Morgan fingerprint density at radius 3 is 2.62 bits per heavy atom. The van der Waals surface area contributed by atoms with E-state index in [4.69, 9.17) is 5.73 Å². The van der Waals surface area contributed by atoms with E-state index in [9.17, 15) is 14.4 Å². The average molecular weight is 502 g/mol. The highest BCUT2D eigenvalue weighted by Crippen LogP contribution is 2.45. The second-order valence-electron chi connectivity index (χ2n) is 9.88. The first-order valence-corrected chi connectivity index (χ1v) is 13.6. The number of rotatable bonds is 3. The van der Waals surface area contributed by atoms with E-state index in [1.54, 1.807) is 0 Å². The third-order valence-electron chi connectivity index (χ3n) is 7.29. The summed E-state index contributed by atoms with van der Waals surface area (Å²) in [6, 6.07) is 4.04. The van der Waals surface area contributed by atoms with E-state index in [1.807, 2.05) is 37.8 Å². The number of pyridine rings is 1. The molecule has 2 aromatic rings. The van der Waals surface area contributed by atoms with Crippen molar-refractivity contribution in [2.45, 2.75) is 63.3 Å². The molecule has 3 aliphatic heterocycles. The quantitative estimate of drug-likeness (QED) is 0.684. The molecular weight excluding hydrogens is 470 g/mol. The van der Waals surface area contributed by atoms with Crippen LogP contribution in [-0.4, -0.2) is 79.7 Å². The highest BCUT2D eigenvalue weighted by atomic mass is 32.2. The van der Waals surface area contributed by atoms with Crippen molar-refractivity contribution in [1.29, 1.82) is 0 Å². The van der Waals surface area contributed by atoms with Crippen molar-refractivity contribution in [1.82, 2.24) is 19.7 Å². The number of anilines is 1. The van der Waals surface area contributed by atoms with Crippen molar-refractivity contribution < 1.29 is 14.4 Å². The summed E-state index contributed by atoms with van der Waals surface area (Å²) in [6.45, 7) is 8.56. The lowest BCUT2D eigenvalue weighted by Gasteiger charge is -2.44. The van der Waals surface area contributed by atoms with Gasteiger partial charge in [-0.15, -0.1) is 0 Å². The fourth-order valence-electron chi connectivity index (χ4n) is 5.53. The zero-order chi connectivity index (χ0) is 24.2. The summed E-state index contributed by atoms with van der Waals surface area (Å²) in [7, 11) is 0. The standard InChI is InChI=1S/C24H31N5O3S2/c1-14(2)29-22(31)24(34-23(29)32)9-4-10-28(13-24)16-7-11-27(12-8-16)21(30)18-17-6-5-15(3)26-20(17)33-19(18)25/h5-6,14,16H,4,7-13,25H2,1-3H3. The van der Waals surface area contributed by atoms with Crippen LogP contribution >= 0.6 is 23.1 Å². The van der Waals surface area contributed by atoms with Crippen LogP contribution in [0.25, 0.3) is 10.2 Å². The highest BCUT2D eigenvalue weighted by molar-refractivity contribution is 8.16. The molecule has 3 amide bonds. The van der Waals surface area contributed by atoms with Crippen LogP contribution in [0.2, 0.25) is 0 Å². The normalized spacial score (nSPS) is 24.8. The lowest BCUT2D eigenvalue weighted by atomic mass is 9.91. The van der Waals surface area contributed by atoms with Crippen molar-refractivity contribution in [3.63, 3.8) is 0 Å². The lowest BCUT2D eigenvalue weighted by Crippen LogP contribution is -2.56. The minimum absolute atomic E-state index is 0.0253. The zero-order valence-corrected chi connectivity index (χ0v) is 21.5. The Morgan fingerprint density at radius 2 is 1.94 bits per heavy atom. The molecule has 5 rings (SSSR count).